The lowest BCUT2D eigenvalue weighted by molar-refractivity contribution is 0.568. The lowest BCUT2D eigenvalue weighted by atomic mass is 9.79. The molecule has 0 aromatic heterocycles. The van der Waals surface area contributed by atoms with Crippen LogP contribution in [-0.4, -0.2) is 0 Å². The van der Waals surface area contributed by atoms with Gasteiger partial charge in [-0.1, -0.05) is 350 Å². The fraction of sp³-hybridized carbons (Fsp3) is 0.179. The van der Waals surface area contributed by atoms with Crippen molar-refractivity contribution in [1.82, 2.24) is 0 Å². The molecule has 0 aliphatic heterocycles. The van der Waals surface area contributed by atoms with Gasteiger partial charge >= 0.3 is 0 Å². The first kappa shape index (κ1) is 67.7. The Hall–Kier alpha value is -10.3. The largest absolute Gasteiger partial charge is 0.309 e. The second-order valence-corrected chi connectivity index (χ2v) is 30.5. The first-order chi connectivity index (χ1) is 46.9. The van der Waals surface area contributed by atoms with E-state index in [1.165, 1.54) is 44.5 Å². The van der Waals surface area contributed by atoms with Gasteiger partial charge in [0.2, 0.25) is 0 Å². The summed E-state index contributed by atoms with van der Waals surface area (Å²) in [4.78, 5) is 4.79. The third-order valence-electron chi connectivity index (χ3n) is 18.8. The van der Waals surface area contributed by atoms with E-state index in [9.17, 15) is 0 Å². The van der Waals surface area contributed by atoms with Crippen LogP contribution in [0.4, 0.5) is 28.4 Å². The Morgan fingerprint density at radius 2 is 0.673 bits per heavy atom. The molecule has 0 aliphatic carbocycles. The fourth-order valence-electron chi connectivity index (χ4n) is 13.1. The highest BCUT2D eigenvalue weighted by Gasteiger charge is 2.29. The van der Waals surface area contributed by atoms with Gasteiger partial charge in [-0.05, 0) is 178 Å². The first-order valence-corrected chi connectivity index (χ1v) is 34.8. The number of nitrogens with zero attached hydrogens (tertiary/aromatic N) is 2. The minimum Gasteiger partial charge on any atom is -0.309 e. The van der Waals surface area contributed by atoms with Crippen molar-refractivity contribution in [2.75, 3.05) is 9.80 Å². The summed E-state index contributed by atoms with van der Waals surface area (Å²) in [5.41, 5.74) is 28.4. The van der Waals surface area contributed by atoms with E-state index in [1.807, 2.05) is 0 Å². The zero-order valence-electron chi connectivity index (χ0n) is 59.3. The maximum atomic E-state index is 7.85. The van der Waals surface area contributed by atoms with Crippen LogP contribution in [0.25, 0.3) is 77.9 Å². The standard InChI is InChI=1S/C95H91ClN2/c1-15-31-87(69-34-22-17-23-35-69)90(65(2)66-32-20-16-21-33-66)97(83-50-46-67(47-51-83)72-40-28-42-74(54-72)76-56-78(92(3,4)5)60-79(57-76)93(6,7)8)85-62-82(96)63-86(64-85)98(91-88(70-36-24-18-25-37-70)44-30-45-89(91)71-38-26-19-27-39-71)84-52-48-68(49-53-84)73-41-29-43-75(55-73)77-58-80(94(9,10)11)61-81(59-77)95(12,13)14/h15-64H,2H2,1,3-14H3/b31-15-,90-87-. The normalized spacial score (nSPS) is 12.3. The van der Waals surface area contributed by atoms with E-state index >= 15 is 0 Å². The van der Waals surface area contributed by atoms with Crippen molar-refractivity contribution in [3.05, 3.63) is 354 Å². The van der Waals surface area contributed by atoms with Crippen molar-refractivity contribution >= 4 is 51.2 Å². The summed E-state index contributed by atoms with van der Waals surface area (Å²) in [6.07, 6.45) is 4.34. The molecule has 0 bridgehead atoms. The second kappa shape index (κ2) is 28.1. The van der Waals surface area contributed by atoms with Crippen molar-refractivity contribution in [2.24, 2.45) is 0 Å². The highest BCUT2D eigenvalue weighted by Crippen LogP contribution is 2.51. The predicted octanol–water partition coefficient (Wildman–Crippen LogP) is 27.8. The Morgan fingerprint density at radius 3 is 1.08 bits per heavy atom. The van der Waals surface area contributed by atoms with Gasteiger partial charge in [-0.25, -0.2) is 0 Å². The third-order valence-corrected chi connectivity index (χ3v) is 19.0. The van der Waals surface area contributed by atoms with E-state index in [-0.39, 0.29) is 21.7 Å². The maximum Gasteiger partial charge on any atom is 0.0618 e. The van der Waals surface area contributed by atoms with E-state index < -0.39 is 0 Å². The zero-order valence-corrected chi connectivity index (χ0v) is 60.1. The molecule has 0 fully saturated rings. The van der Waals surface area contributed by atoms with E-state index in [1.54, 1.807) is 0 Å². The van der Waals surface area contributed by atoms with Crippen LogP contribution in [0.15, 0.2) is 316 Å². The Labute approximate surface area is 589 Å². The topological polar surface area (TPSA) is 6.48 Å². The van der Waals surface area contributed by atoms with Gasteiger partial charge in [0.1, 0.15) is 0 Å². The molecule has 12 aromatic rings. The van der Waals surface area contributed by atoms with Crippen molar-refractivity contribution < 1.29 is 0 Å². The summed E-state index contributed by atoms with van der Waals surface area (Å²) >= 11 is 7.85. The monoisotopic (exact) mass is 1290 g/mol. The van der Waals surface area contributed by atoms with Crippen LogP contribution in [0.2, 0.25) is 5.02 Å². The van der Waals surface area contributed by atoms with Crippen LogP contribution in [0.1, 0.15) is 123 Å². The Kier molecular flexibility index (Phi) is 19.4. The average molecular weight is 1300 g/mol. The number of para-hydroxylation sites is 1. The van der Waals surface area contributed by atoms with Crippen LogP contribution >= 0.6 is 11.6 Å². The van der Waals surface area contributed by atoms with Crippen LogP contribution < -0.4 is 9.80 Å². The molecule has 98 heavy (non-hydrogen) atoms. The molecule has 12 aromatic carbocycles. The van der Waals surface area contributed by atoms with Gasteiger partial charge in [-0.2, -0.15) is 0 Å². The van der Waals surface area contributed by atoms with Gasteiger partial charge < -0.3 is 9.80 Å². The summed E-state index contributed by atoms with van der Waals surface area (Å²) < 4.78 is 0. The summed E-state index contributed by atoms with van der Waals surface area (Å²) in [7, 11) is 0. The number of benzene rings is 12. The van der Waals surface area contributed by atoms with Gasteiger partial charge in [0.25, 0.3) is 0 Å². The molecule has 2 nitrogen and oxygen atoms in total. The van der Waals surface area contributed by atoms with E-state index in [0.717, 1.165) is 101 Å². The molecule has 0 N–H and O–H groups in total. The molecule has 0 saturated carbocycles. The lowest BCUT2D eigenvalue weighted by Gasteiger charge is -2.34. The molecule has 0 aliphatic rings. The Bertz CT molecular complexity index is 4750. The van der Waals surface area contributed by atoms with E-state index in [2.05, 4.69) is 403 Å². The van der Waals surface area contributed by atoms with Crippen molar-refractivity contribution in [2.45, 2.75) is 112 Å². The molecule has 0 amide bonds. The van der Waals surface area contributed by atoms with Crippen molar-refractivity contribution in [3.8, 4) is 66.8 Å². The number of hydrogen-bond donors (Lipinski definition) is 0. The van der Waals surface area contributed by atoms with Crippen molar-refractivity contribution in [1.29, 1.82) is 0 Å². The van der Waals surface area contributed by atoms with Crippen LogP contribution in [0, 0.1) is 0 Å². The fourth-order valence-corrected chi connectivity index (χ4v) is 13.3. The van der Waals surface area contributed by atoms with Gasteiger partial charge in [0.05, 0.1) is 11.4 Å². The highest BCUT2D eigenvalue weighted by atomic mass is 35.5. The molecule has 0 atom stereocenters. The quantitative estimate of drug-likeness (QED) is 0.0890. The zero-order chi connectivity index (χ0) is 69.1. The summed E-state index contributed by atoms with van der Waals surface area (Å²) in [6, 6.07) is 106. The SMILES string of the molecule is C=C(/C(=C(\C=C/C)c1ccccc1)N(c1ccc(-c2cccc(-c3cc(C(C)(C)C)cc(C(C)(C)C)c3)c2)cc1)c1cc(Cl)cc(N(c2ccc(-c3cccc(-c4cc(C(C)(C)C)cc(C(C)(C)C)c4)c3)cc2)c2c(-c3ccccc3)cccc2-c2ccccc2)c1)c1ccccc1. The summed E-state index contributed by atoms with van der Waals surface area (Å²) in [6.45, 7) is 34.8. The lowest BCUT2D eigenvalue weighted by Crippen LogP contribution is -2.20. The molecule has 0 unspecified atom stereocenters. The number of anilines is 5. The molecule has 0 heterocycles. The number of hydrogen-bond acceptors (Lipinski definition) is 2. The predicted molar refractivity (Wildman–Crippen MR) is 426 cm³/mol. The highest BCUT2D eigenvalue weighted by molar-refractivity contribution is 6.31. The minimum atomic E-state index is -0.0148. The number of rotatable bonds is 16. The van der Waals surface area contributed by atoms with Gasteiger partial charge in [0, 0.05) is 44.5 Å². The van der Waals surface area contributed by atoms with Crippen LogP contribution in [0.5, 0.6) is 0 Å². The van der Waals surface area contributed by atoms with Gasteiger partial charge in [-0.3, -0.25) is 0 Å². The van der Waals surface area contributed by atoms with Crippen molar-refractivity contribution in [3.63, 3.8) is 0 Å². The molecule has 0 radical (unpaired) electrons. The molecule has 0 spiro atoms. The van der Waals surface area contributed by atoms with E-state index in [0.29, 0.717) is 5.02 Å². The molecular weight excluding hydrogens is 1200 g/mol. The third kappa shape index (κ3) is 15.0. The maximum absolute atomic E-state index is 7.85. The molecule has 488 valence electrons. The first-order valence-electron chi connectivity index (χ1n) is 34.5. The van der Waals surface area contributed by atoms with Gasteiger partial charge in [0.15, 0.2) is 0 Å². The molecular formula is C95H91ClN2. The Balaban J connectivity index is 1.08. The molecule has 0 saturated heterocycles. The average Bonchev–Trinajstić information content (AvgIpc) is 0.755. The number of halogens is 1. The molecule has 3 heteroatoms. The summed E-state index contributed by atoms with van der Waals surface area (Å²) in [5.74, 6) is 0. The van der Waals surface area contributed by atoms with E-state index in [4.69, 9.17) is 18.2 Å². The van der Waals surface area contributed by atoms with Crippen LogP contribution in [0.3, 0.4) is 0 Å². The second-order valence-electron chi connectivity index (χ2n) is 30.1. The molecule has 12 rings (SSSR count). The minimum absolute atomic E-state index is 0.0122. The van der Waals surface area contributed by atoms with Gasteiger partial charge in [-0.15, -0.1) is 0 Å². The van der Waals surface area contributed by atoms with Crippen LogP contribution in [-0.2, 0) is 21.7 Å². The number of allylic oxidation sites excluding steroid dienone is 4. The summed E-state index contributed by atoms with van der Waals surface area (Å²) in [5, 5.41) is 0.570. The smallest absolute Gasteiger partial charge is 0.0618 e. The Morgan fingerprint density at radius 1 is 0.316 bits per heavy atom.